The number of ether oxygens (including phenoxy) is 1. The summed E-state index contributed by atoms with van der Waals surface area (Å²) in [5.74, 6) is 1.40. The highest BCUT2D eigenvalue weighted by Crippen LogP contribution is 2.59. The van der Waals surface area contributed by atoms with E-state index in [1.165, 1.54) is 38.9 Å². The van der Waals surface area contributed by atoms with Crippen LogP contribution in [0.4, 0.5) is 17.1 Å². The highest BCUT2D eigenvalue weighted by molar-refractivity contribution is 6.99. The molecule has 0 spiro atoms. The van der Waals surface area contributed by atoms with Gasteiger partial charge in [0.25, 0.3) is 6.71 Å². The van der Waals surface area contributed by atoms with Crippen LogP contribution in [0.3, 0.4) is 0 Å². The Kier molecular flexibility index (Phi) is 9.80. The molecule has 0 amide bonds. The third-order valence-electron chi connectivity index (χ3n) is 16.6. The van der Waals surface area contributed by atoms with Gasteiger partial charge in [-0.05, 0) is 142 Å². The minimum absolute atomic E-state index is 0.149. The van der Waals surface area contributed by atoms with E-state index in [1.807, 2.05) is 18.2 Å². The zero-order valence-electron chi connectivity index (χ0n) is 49.8. The Morgan fingerprint density at radius 2 is 0.949 bits per heavy atom. The van der Waals surface area contributed by atoms with Crippen LogP contribution >= 0.6 is 0 Å². The van der Waals surface area contributed by atoms with Gasteiger partial charge >= 0.3 is 0 Å². The molecule has 0 aromatic heterocycles. The summed E-state index contributed by atoms with van der Waals surface area (Å²) in [5.41, 5.74) is 21.4. The molecule has 78 heavy (non-hydrogen) atoms. The predicted octanol–water partition coefficient (Wildman–Crippen LogP) is 17.7. The van der Waals surface area contributed by atoms with Crippen LogP contribution in [0.25, 0.3) is 55.6 Å². The molecule has 11 aromatic carbocycles. The highest BCUT2D eigenvalue weighted by Gasteiger charge is 2.49. The Morgan fingerprint density at radius 3 is 1.58 bits per heavy atom. The first-order chi connectivity index (χ1) is 40.0. The summed E-state index contributed by atoms with van der Waals surface area (Å²) >= 11 is 0. The molecule has 0 unspecified atom stereocenters. The minimum atomic E-state index is -0.676. The van der Waals surface area contributed by atoms with Crippen LogP contribution in [0.15, 0.2) is 255 Å². The average Bonchev–Trinajstić information content (AvgIpc) is 3.29. The number of benzene rings is 11. The molecule has 14 rings (SSSR count). The molecule has 0 bridgehead atoms. The Hall–Kier alpha value is -8.92. The minimum Gasteiger partial charge on any atom is -0.458 e. The van der Waals surface area contributed by atoms with Gasteiger partial charge in [-0.25, -0.2) is 0 Å². The summed E-state index contributed by atoms with van der Waals surface area (Å²) in [4.78, 5) is 2.51. The van der Waals surface area contributed by atoms with E-state index in [0.29, 0.717) is 11.3 Å². The lowest BCUT2D eigenvalue weighted by Gasteiger charge is -2.43. The standard InChI is InChI=1S/C75H60BNO/c1-73(2,3)56-45-61(50-27-14-8-15-28-50)72(62(46-56)51-29-16-9-17-30-51)77-66-41-39-53(58-36-24-37-60-59-35-22-23-38-63(59)75(70(58)60,54-31-18-10-19-32-54)55-33-20-11-21-34-55)44-64(66)76-65-43-52(49-25-12-7-13-26-49)40-42-68(65)78-69-48-57(74(4,5)6)47-67(77)71(69)76/h7-48H,1-6H3/i7D,12D,13D,25D,26D. The third-order valence-corrected chi connectivity index (χ3v) is 16.6. The second-order valence-electron chi connectivity index (χ2n) is 23.2. The number of fused-ring (bicyclic) bond motifs is 7. The number of nitrogens with zero attached hydrogens (tertiary/aromatic N) is 1. The first-order valence-corrected chi connectivity index (χ1v) is 27.2. The van der Waals surface area contributed by atoms with Crippen molar-refractivity contribution in [1.29, 1.82) is 0 Å². The van der Waals surface area contributed by atoms with Gasteiger partial charge < -0.3 is 9.64 Å². The van der Waals surface area contributed by atoms with Gasteiger partial charge in [0.15, 0.2) is 0 Å². The fourth-order valence-corrected chi connectivity index (χ4v) is 12.9. The molecule has 2 nitrogen and oxygen atoms in total. The monoisotopic (exact) mass is 1010 g/mol. The van der Waals surface area contributed by atoms with E-state index < -0.39 is 18.2 Å². The van der Waals surface area contributed by atoms with E-state index in [9.17, 15) is 2.74 Å². The molecule has 0 radical (unpaired) electrons. The second-order valence-corrected chi connectivity index (χ2v) is 23.2. The van der Waals surface area contributed by atoms with Crippen molar-refractivity contribution < 1.29 is 11.6 Å². The summed E-state index contributed by atoms with van der Waals surface area (Å²) < 4.78 is 51.7. The van der Waals surface area contributed by atoms with Crippen LogP contribution in [-0.2, 0) is 16.2 Å². The predicted molar refractivity (Wildman–Crippen MR) is 329 cm³/mol. The van der Waals surface area contributed by atoms with E-state index >= 15 is 0 Å². The fraction of sp³-hybridized carbons (Fsp3) is 0.120. The van der Waals surface area contributed by atoms with Crippen LogP contribution in [0, 0.1) is 0 Å². The van der Waals surface area contributed by atoms with Crippen molar-refractivity contribution in [3.8, 4) is 67.1 Å². The van der Waals surface area contributed by atoms with Crippen LogP contribution in [-0.4, -0.2) is 6.71 Å². The summed E-state index contributed by atoms with van der Waals surface area (Å²) in [6.07, 6.45) is 0. The Labute approximate surface area is 467 Å². The van der Waals surface area contributed by atoms with Crippen LogP contribution in [0.1, 0.15) is 81.8 Å². The van der Waals surface area contributed by atoms with E-state index in [1.54, 1.807) is 0 Å². The topological polar surface area (TPSA) is 12.5 Å². The molecule has 0 fully saturated rings. The zero-order valence-corrected chi connectivity index (χ0v) is 44.8. The van der Waals surface area contributed by atoms with E-state index in [2.05, 4.69) is 253 Å². The number of rotatable bonds is 7. The van der Waals surface area contributed by atoms with Crippen LogP contribution < -0.4 is 26.0 Å². The molecular weight excluding hydrogens is 942 g/mol. The van der Waals surface area contributed by atoms with E-state index in [4.69, 9.17) is 8.85 Å². The van der Waals surface area contributed by atoms with Crippen molar-refractivity contribution in [3.05, 3.63) is 288 Å². The molecule has 11 aromatic rings. The molecule has 0 atom stereocenters. The molecular formula is C75H60BNO. The van der Waals surface area contributed by atoms with Gasteiger partial charge in [-0.1, -0.05) is 260 Å². The third kappa shape index (κ3) is 7.47. The average molecular weight is 1010 g/mol. The Balaban J connectivity index is 1.12. The number of anilines is 3. The van der Waals surface area contributed by atoms with Gasteiger partial charge in [-0.2, -0.15) is 0 Å². The highest BCUT2D eigenvalue weighted by atomic mass is 16.5. The van der Waals surface area contributed by atoms with Gasteiger partial charge in [-0.15, -0.1) is 0 Å². The Morgan fingerprint density at radius 1 is 0.410 bits per heavy atom. The van der Waals surface area contributed by atoms with Crippen molar-refractivity contribution >= 4 is 40.2 Å². The quantitative estimate of drug-likeness (QED) is 0.148. The SMILES string of the molecule is [2H]c1c([2H])c([2H])c(-c2ccc3c(c2)B2c4cc(-c5cccc6c5C(c5ccccc5)(c5ccccc5)c5ccccc5-6)ccc4N(c4c(-c5ccccc5)cc(C(C)(C)C)cc4-c4ccccc4)c4cc(C(C)(C)C)cc(c42)O3)c([2H])c1[2H]. The van der Waals surface area contributed by atoms with Gasteiger partial charge in [0.05, 0.1) is 18.0 Å². The van der Waals surface area contributed by atoms with Gasteiger partial charge in [0.2, 0.25) is 0 Å². The molecule has 2 aliphatic heterocycles. The zero-order chi connectivity index (χ0) is 57.3. The molecule has 0 saturated heterocycles. The fourth-order valence-electron chi connectivity index (χ4n) is 12.9. The lowest BCUT2D eigenvalue weighted by atomic mass is 9.34. The second kappa shape index (κ2) is 18.1. The maximum Gasteiger partial charge on any atom is 0.256 e. The summed E-state index contributed by atoms with van der Waals surface area (Å²) in [6.45, 7) is 13.2. The summed E-state index contributed by atoms with van der Waals surface area (Å²) in [6, 6.07) is 79.7. The van der Waals surface area contributed by atoms with E-state index in [0.717, 1.165) is 78.1 Å². The maximum absolute atomic E-state index is 9.21. The molecule has 2 heterocycles. The molecule has 374 valence electrons. The lowest BCUT2D eigenvalue weighted by Crippen LogP contribution is -2.59. The smallest absolute Gasteiger partial charge is 0.256 e. The first-order valence-electron chi connectivity index (χ1n) is 29.7. The normalized spacial score (nSPS) is 14.6. The Bertz CT molecular complexity index is 4310. The molecule has 0 saturated carbocycles. The van der Waals surface area contributed by atoms with Crippen LogP contribution in [0.5, 0.6) is 11.5 Å². The van der Waals surface area contributed by atoms with Crippen molar-refractivity contribution in [3.63, 3.8) is 0 Å². The van der Waals surface area contributed by atoms with E-state index in [-0.39, 0.29) is 40.6 Å². The largest absolute Gasteiger partial charge is 0.458 e. The number of hydrogen-bond donors (Lipinski definition) is 0. The maximum atomic E-state index is 9.21. The van der Waals surface area contributed by atoms with Gasteiger partial charge in [0.1, 0.15) is 11.5 Å². The van der Waals surface area contributed by atoms with Crippen molar-refractivity contribution in [2.45, 2.75) is 57.8 Å². The summed E-state index contributed by atoms with van der Waals surface area (Å²) in [7, 11) is 0. The van der Waals surface area contributed by atoms with Gasteiger partial charge in [0, 0.05) is 22.5 Å². The molecule has 1 aliphatic carbocycles. The lowest BCUT2D eigenvalue weighted by molar-refractivity contribution is 0.483. The first kappa shape index (κ1) is 42.2. The van der Waals surface area contributed by atoms with Gasteiger partial charge in [-0.3, -0.25) is 0 Å². The van der Waals surface area contributed by atoms with Crippen molar-refractivity contribution in [1.82, 2.24) is 0 Å². The van der Waals surface area contributed by atoms with Crippen LogP contribution in [0.2, 0.25) is 0 Å². The molecule has 3 aliphatic rings. The molecule has 0 N–H and O–H groups in total. The summed E-state index contributed by atoms with van der Waals surface area (Å²) in [5, 5.41) is 0. The number of hydrogen-bond acceptors (Lipinski definition) is 2. The molecule has 3 heteroatoms. The van der Waals surface area contributed by atoms with Crippen molar-refractivity contribution in [2.24, 2.45) is 0 Å². The van der Waals surface area contributed by atoms with Crippen molar-refractivity contribution in [2.75, 3.05) is 4.90 Å².